The molecule has 0 heterocycles. The van der Waals surface area contributed by atoms with E-state index in [-0.39, 0.29) is 11.6 Å². The summed E-state index contributed by atoms with van der Waals surface area (Å²) in [6, 6.07) is 9.18. The van der Waals surface area contributed by atoms with Crippen molar-refractivity contribution in [3.63, 3.8) is 0 Å². The summed E-state index contributed by atoms with van der Waals surface area (Å²) >= 11 is 0. The van der Waals surface area contributed by atoms with Gasteiger partial charge in [0.1, 0.15) is 0 Å². The third-order valence-electron chi connectivity index (χ3n) is 1.81. The van der Waals surface area contributed by atoms with Crippen LogP contribution in [-0.2, 0) is 9.59 Å². The highest BCUT2D eigenvalue weighted by Gasteiger charge is 2.06. The first kappa shape index (κ1) is 10.4. The van der Waals surface area contributed by atoms with Gasteiger partial charge in [0.2, 0.25) is 0 Å². The molecule has 0 spiro atoms. The largest absolute Gasteiger partial charge is 0.295 e. The van der Waals surface area contributed by atoms with Gasteiger partial charge < -0.3 is 0 Å². The molecule has 0 saturated heterocycles. The molecule has 1 aromatic rings. The quantitative estimate of drug-likeness (QED) is 0.682. The number of benzene rings is 1. The number of hydrogen-bond acceptors (Lipinski definition) is 2. The van der Waals surface area contributed by atoms with E-state index in [1.54, 1.807) is 0 Å². The SMILES string of the molecule is CC(=O)/C=C(\C(C)=O)c1ccccc1. The zero-order chi connectivity index (χ0) is 10.6. The summed E-state index contributed by atoms with van der Waals surface area (Å²) in [6.45, 7) is 2.90. The van der Waals surface area contributed by atoms with Crippen LogP contribution in [0.1, 0.15) is 19.4 Å². The fourth-order valence-corrected chi connectivity index (χ4v) is 1.21. The Kier molecular flexibility index (Phi) is 3.35. The van der Waals surface area contributed by atoms with Crippen molar-refractivity contribution in [2.75, 3.05) is 0 Å². The number of Topliss-reactive ketones (excluding diaryl/α,β-unsaturated/α-hetero) is 1. The molecular weight excluding hydrogens is 176 g/mol. The van der Waals surface area contributed by atoms with Gasteiger partial charge >= 0.3 is 0 Å². The number of carbonyl (C=O) groups excluding carboxylic acids is 2. The lowest BCUT2D eigenvalue weighted by atomic mass is 10.0. The van der Waals surface area contributed by atoms with Gasteiger partial charge in [-0.05, 0) is 25.5 Å². The second-order valence-electron chi connectivity index (χ2n) is 3.09. The van der Waals surface area contributed by atoms with E-state index < -0.39 is 0 Å². The predicted octanol–water partition coefficient (Wildman–Crippen LogP) is 2.25. The summed E-state index contributed by atoms with van der Waals surface area (Å²) in [7, 11) is 0. The van der Waals surface area contributed by atoms with Gasteiger partial charge in [-0.3, -0.25) is 9.59 Å². The molecule has 14 heavy (non-hydrogen) atoms. The molecule has 0 aliphatic carbocycles. The monoisotopic (exact) mass is 188 g/mol. The van der Waals surface area contributed by atoms with Gasteiger partial charge in [-0.2, -0.15) is 0 Å². The number of hydrogen-bond donors (Lipinski definition) is 0. The first-order chi connectivity index (χ1) is 6.61. The van der Waals surface area contributed by atoms with Crippen LogP contribution in [0.3, 0.4) is 0 Å². The van der Waals surface area contributed by atoms with Gasteiger partial charge in [0.25, 0.3) is 0 Å². The molecule has 0 bridgehead atoms. The van der Waals surface area contributed by atoms with Crippen LogP contribution in [0.5, 0.6) is 0 Å². The minimum atomic E-state index is -0.112. The highest BCUT2D eigenvalue weighted by molar-refractivity contribution is 6.23. The van der Waals surface area contributed by atoms with Crippen molar-refractivity contribution in [3.05, 3.63) is 42.0 Å². The van der Waals surface area contributed by atoms with Gasteiger partial charge in [-0.25, -0.2) is 0 Å². The number of ketones is 2. The van der Waals surface area contributed by atoms with Crippen molar-refractivity contribution >= 4 is 17.1 Å². The smallest absolute Gasteiger partial charge is 0.160 e. The summed E-state index contributed by atoms with van der Waals surface area (Å²) in [5.41, 5.74) is 1.26. The van der Waals surface area contributed by atoms with E-state index in [1.165, 1.54) is 19.9 Å². The Bertz CT molecular complexity index is 375. The Morgan fingerprint density at radius 2 is 1.64 bits per heavy atom. The molecule has 0 atom stereocenters. The number of carbonyl (C=O) groups is 2. The minimum Gasteiger partial charge on any atom is -0.295 e. The first-order valence-electron chi connectivity index (χ1n) is 4.40. The fraction of sp³-hybridized carbons (Fsp3) is 0.167. The normalized spacial score (nSPS) is 11.1. The molecular formula is C12H12O2. The fourth-order valence-electron chi connectivity index (χ4n) is 1.21. The van der Waals surface area contributed by atoms with Gasteiger partial charge in [-0.15, -0.1) is 0 Å². The highest BCUT2D eigenvalue weighted by atomic mass is 16.1. The van der Waals surface area contributed by atoms with E-state index in [2.05, 4.69) is 0 Å². The average Bonchev–Trinajstić information content (AvgIpc) is 2.15. The summed E-state index contributed by atoms with van der Waals surface area (Å²) in [4.78, 5) is 22.2. The van der Waals surface area contributed by atoms with Crippen LogP contribution in [0.2, 0.25) is 0 Å². The van der Waals surface area contributed by atoms with Crippen molar-refractivity contribution in [2.24, 2.45) is 0 Å². The summed E-state index contributed by atoms with van der Waals surface area (Å²) < 4.78 is 0. The summed E-state index contributed by atoms with van der Waals surface area (Å²) in [5, 5.41) is 0. The molecule has 0 aromatic heterocycles. The molecule has 2 heteroatoms. The second kappa shape index (κ2) is 4.51. The lowest BCUT2D eigenvalue weighted by molar-refractivity contribution is -0.114. The van der Waals surface area contributed by atoms with Crippen LogP contribution < -0.4 is 0 Å². The molecule has 1 aromatic carbocycles. The molecule has 0 radical (unpaired) electrons. The molecule has 0 unspecified atom stereocenters. The van der Waals surface area contributed by atoms with Crippen LogP contribution >= 0.6 is 0 Å². The molecule has 72 valence electrons. The summed E-state index contributed by atoms with van der Waals surface area (Å²) in [6.07, 6.45) is 1.37. The maximum atomic E-state index is 11.3. The van der Waals surface area contributed by atoms with Crippen molar-refractivity contribution < 1.29 is 9.59 Å². The third kappa shape index (κ3) is 2.66. The zero-order valence-corrected chi connectivity index (χ0v) is 8.28. The van der Waals surface area contributed by atoms with E-state index >= 15 is 0 Å². The maximum absolute atomic E-state index is 11.3. The van der Waals surface area contributed by atoms with Crippen LogP contribution in [0.25, 0.3) is 5.57 Å². The third-order valence-corrected chi connectivity index (χ3v) is 1.81. The molecule has 1 rings (SSSR count). The lowest BCUT2D eigenvalue weighted by Crippen LogP contribution is -1.98. The van der Waals surface area contributed by atoms with Crippen LogP contribution in [-0.4, -0.2) is 11.6 Å². The standard InChI is InChI=1S/C12H12O2/c1-9(13)8-12(10(2)14)11-6-4-3-5-7-11/h3-8H,1-2H3/b12-8+. The van der Waals surface area contributed by atoms with Crippen LogP contribution in [0.15, 0.2) is 36.4 Å². The van der Waals surface area contributed by atoms with Crippen molar-refractivity contribution in [3.8, 4) is 0 Å². The second-order valence-corrected chi connectivity index (χ2v) is 3.09. The van der Waals surface area contributed by atoms with Gasteiger partial charge in [0.15, 0.2) is 11.6 Å². The van der Waals surface area contributed by atoms with E-state index in [9.17, 15) is 9.59 Å². The molecule has 0 N–H and O–H groups in total. The first-order valence-corrected chi connectivity index (χ1v) is 4.40. The van der Waals surface area contributed by atoms with E-state index in [4.69, 9.17) is 0 Å². The molecule has 0 aliphatic rings. The number of rotatable bonds is 3. The molecule has 2 nitrogen and oxygen atoms in total. The minimum absolute atomic E-state index is 0.0913. The van der Waals surface area contributed by atoms with E-state index in [0.717, 1.165) is 5.56 Å². The Balaban J connectivity index is 3.14. The zero-order valence-electron chi connectivity index (χ0n) is 8.28. The van der Waals surface area contributed by atoms with Gasteiger partial charge in [0, 0.05) is 5.57 Å². The summed E-state index contributed by atoms with van der Waals surface area (Å²) in [5.74, 6) is -0.203. The van der Waals surface area contributed by atoms with Gasteiger partial charge in [-0.1, -0.05) is 30.3 Å². The van der Waals surface area contributed by atoms with E-state index in [1.807, 2.05) is 30.3 Å². The lowest BCUT2D eigenvalue weighted by Gasteiger charge is -2.01. The van der Waals surface area contributed by atoms with Crippen molar-refractivity contribution in [1.82, 2.24) is 0 Å². The molecule has 0 fully saturated rings. The molecule has 0 saturated carbocycles. The Morgan fingerprint density at radius 3 is 2.07 bits per heavy atom. The highest BCUT2D eigenvalue weighted by Crippen LogP contribution is 2.14. The average molecular weight is 188 g/mol. The van der Waals surface area contributed by atoms with Crippen LogP contribution in [0.4, 0.5) is 0 Å². The molecule has 0 aliphatic heterocycles. The number of allylic oxidation sites excluding steroid dienone is 2. The Morgan fingerprint density at radius 1 is 1.07 bits per heavy atom. The maximum Gasteiger partial charge on any atom is 0.160 e. The van der Waals surface area contributed by atoms with Crippen molar-refractivity contribution in [2.45, 2.75) is 13.8 Å². The Hall–Kier alpha value is -1.70. The topological polar surface area (TPSA) is 34.1 Å². The van der Waals surface area contributed by atoms with E-state index in [0.29, 0.717) is 5.57 Å². The molecule has 0 amide bonds. The predicted molar refractivity (Wildman–Crippen MR) is 55.8 cm³/mol. The van der Waals surface area contributed by atoms with Crippen molar-refractivity contribution in [1.29, 1.82) is 0 Å². The van der Waals surface area contributed by atoms with Crippen LogP contribution in [0, 0.1) is 0 Å². The van der Waals surface area contributed by atoms with Gasteiger partial charge in [0.05, 0.1) is 0 Å². The Labute approximate surface area is 83.3 Å².